The van der Waals surface area contributed by atoms with Gasteiger partial charge in [0.15, 0.2) is 5.82 Å². The number of rotatable bonds is 5. The van der Waals surface area contributed by atoms with Crippen LogP contribution in [0, 0.1) is 0 Å². The fourth-order valence-corrected chi connectivity index (χ4v) is 3.60. The number of amides is 2. The normalized spacial score (nSPS) is 10.7. The van der Waals surface area contributed by atoms with Crippen LogP contribution in [0.2, 0.25) is 5.02 Å². The molecule has 2 N–H and O–H groups in total. The summed E-state index contributed by atoms with van der Waals surface area (Å²) in [6.07, 6.45) is 3.29. The minimum absolute atomic E-state index is 0.298. The van der Waals surface area contributed by atoms with Crippen molar-refractivity contribution in [2.45, 2.75) is 0 Å². The third-order valence-electron chi connectivity index (χ3n) is 4.09. The fraction of sp³-hybridized carbons (Fsp3) is 0.105. The SMILES string of the molecule is CNN(C)C(=O)c1cc(Br)ccc1NC(=O)c1cc(Br)cn1-c1ncccc1Cl. The lowest BCUT2D eigenvalue weighted by Gasteiger charge is -2.18. The molecule has 10 heteroatoms. The van der Waals surface area contributed by atoms with Crippen molar-refractivity contribution in [2.75, 3.05) is 19.4 Å². The standard InChI is InChI=1S/C19H16Br2ClN5O2/c1-23-26(2)19(29)13-8-11(20)5-6-15(13)25-18(28)16-9-12(21)10-27(16)17-14(22)4-3-7-24-17/h3-10,23H,1-2H3,(H,25,28). The molecular weight excluding hydrogens is 526 g/mol. The van der Waals surface area contributed by atoms with Crippen LogP contribution in [0.3, 0.4) is 0 Å². The Labute approximate surface area is 189 Å². The maximum absolute atomic E-state index is 13.1. The molecule has 0 atom stereocenters. The van der Waals surface area contributed by atoms with Gasteiger partial charge in [-0.15, -0.1) is 0 Å². The highest BCUT2D eigenvalue weighted by Crippen LogP contribution is 2.26. The second kappa shape index (κ2) is 9.08. The molecule has 0 bridgehead atoms. The van der Waals surface area contributed by atoms with Gasteiger partial charge in [0, 0.05) is 35.4 Å². The fourth-order valence-electron chi connectivity index (χ4n) is 2.61. The average Bonchev–Trinajstić information content (AvgIpc) is 3.10. The molecule has 2 aromatic heterocycles. The van der Waals surface area contributed by atoms with Gasteiger partial charge in [-0.2, -0.15) is 0 Å². The molecule has 2 heterocycles. The number of carbonyl (C=O) groups excluding carboxylic acids is 2. The number of nitrogens with one attached hydrogen (secondary N) is 2. The molecule has 0 aliphatic heterocycles. The molecule has 0 spiro atoms. The molecular formula is C19H16Br2ClN5O2. The van der Waals surface area contributed by atoms with E-state index in [1.165, 1.54) is 5.01 Å². The molecule has 150 valence electrons. The van der Waals surface area contributed by atoms with Crippen molar-refractivity contribution in [3.05, 3.63) is 74.0 Å². The highest BCUT2D eigenvalue weighted by Gasteiger charge is 2.21. The smallest absolute Gasteiger partial charge is 0.272 e. The summed E-state index contributed by atoms with van der Waals surface area (Å²) < 4.78 is 2.99. The lowest BCUT2D eigenvalue weighted by molar-refractivity contribution is 0.0736. The zero-order valence-electron chi connectivity index (χ0n) is 15.4. The molecule has 29 heavy (non-hydrogen) atoms. The molecule has 3 aromatic rings. The van der Waals surface area contributed by atoms with Crippen LogP contribution in [0.15, 0.2) is 57.7 Å². The molecule has 0 aliphatic rings. The van der Waals surface area contributed by atoms with Crippen LogP contribution in [-0.4, -0.2) is 40.5 Å². The first-order chi connectivity index (χ1) is 13.8. The summed E-state index contributed by atoms with van der Waals surface area (Å²) in [5.74, 6) is -0.290. The molecule has 1 aromatic carbocycles. The number of hydrogen-bond donors (Lipinski definition) is 2. The van der Waals surface area contributed by atoms with Crippen molar-refractivity contribution in [1.29, 1.82) is 0 Å². The van der Waals surface area contributed by atoms with E-state index in [4.69, 9.17) is 11.6 Å². The van der Waals surface area contributed by atoms with Crippen LogP contribution in [-0.2, 0) is 0 Å². The summed E-state index contributed by atoms with van der Waals surface area (Å²) in [5, 5.41) is 4.54. The number of benzene rings is 1. The number of carbonyl (C=O) groups is 2. The number of pyridine rings is 1. The molecule has 3 rings (SSSR count). The molecule has 2 amide bonds. The zero-order valence-corrected chi connectivity index (χ0v) is 19.3. The van der Waals surface area contributed by atoms with E-state index in [2.05, 4.69) is 47.6 Å². The summed E-state index contributed by atoms with van der Waals surface area (Å²) in [6, 6.07) is 10.1. The molecule has 0 aliphatic carbocycles. The van der Waals surface area contributed by atoms with Crippen molar-refractivity contribution in [3.8, 4) is 5.82 Å². The summed E-state index contributed by atoms with van der Waals surface area (Å²) >= 11 is 13.0. The van der Waals surface area contributed by atoms with Gasteiger partial charge in [0.2, 0.25) is 0 Å². The number of hydrogen-bond acceptors (Lipinski definition) is 4. The predicted octanol–water partition coefficient (Wildman–Crippen LogP) is 4.51. The van der Waals surface area contributed by atoms with Crippen molar-refractivity contribution in [2.24, 2.45) is 0 Å². The first-order valence-electron chi connectivity index (χ1n) is 8.37. The van der Waals surface area contributed by atoms with E-state index in [9.17, 15) is 9.59 Å². The minimum Gasteiger partial charge on any atom is -0.320 e. The van der Waals surface area contributed by atoms with Crippen LogP contribution in [0.1, 0.15) is 20.8 Å². The van der Waals surface area contributed by atoms with Gasteiger partial charge < -0.3 is 5.32 Å². The first kappa shape index (κ1) is 21.5. The van der Waals surface area contributed by atoms with Crippen LogP contribution in [0.25, 0.3) is 5.82 Å². The largest absolute Gasteiger partial charge is 0.320 e. The van der Waals surface area contributed by atoms with Crippen LogP contribution in [0.5, 0.6) is 0 Å². The quantitative estimate of drug-likeness (QED) is 0.466. The summed E-state index contributed by atoms with van der Waals surface area (Å²) in [5.41, 5.74) is 3.77. The molecule has 7 nitrogen and oxygen atoms in total. The maximum atomic E-state index is 13.1. The first-order valence-corrected chi connectivity index (χ1v) is 10.3. The van der Waals surface area contributed by atoms with Crippen LogP contribution < -0.4 is 10.7 Å². The minimum atomic E-state index is -0.416. The number of aromatic nitrogens is 2. The summed E-state index contributed by atoms with van der Waals surface area (Å²) in [7, 11) is 3.23. The van der Waals surface area contributed by atoms with Gasteiger partial charge in [0.25, 0.3) is 11.8 Å². The Morgan fingerprint density at radius 1 is 1.17 bits per heavy atom. The van der Waals surface area contributed by atoms with E-state index < -0.39 is 5.91 Å². The number of hydrazine groups is 1. The lowest BCUT2D eigenvalue weighted by atomic mass is 10.1. The topological polar surface area (TPSA) is 79.3 Å². The number of halogens is 3. The highest BCUT2D eigenvalue weighted by atomic mass is 79.9. The molecule has 0 unspecified atom stereocenters. The predicted molar refractivity (Wildman–Crippen MR) is 120 cm³/mol. The summed E-state index contributed by atoms with van der Waals surface area (Å²) in [6.45, 7) is 0. The van der Waals surface area contributed by atoms with E-state index in [1.54, 1.807) is 67.5 Å². The Morgan fingerprint density at radius 2 is 1.93 bits per heavy atom. The van der Waals surface area contributed by atoms with Gasteiger partial charge >= 0.3 is 0 Å². The number of anilines is 1. The third kappa shape index (κ3) is 4.69. The third-order valence-corrected chi connectivity index (χ3v) is 5.31. The van der Waals surface area contributed by atoms with Gasteiger partial charge in [-0.3, -0.25) is 19.2 Å². The number of nitrogens with zero attached hydrogens (tertiary/aromatic N) is 3. The molecule has 0 saturated heterocycles. The highest BCUT2D eigenvalue weighted by molar-refractivity contribution is 9.10. The van der Waals surface area contributed by atoms with E-state index in [-0.39, 0.29) is 5.91 Å². The van der Waals surface area contributed by atoms with Crippen LogP contribution >= 0.6 is 43.5 Å². The zero-order chi connectivity index (χ0) is 21.1. The van der Waals surface area contributed by atoms with Gasteiger partial charge in [-0.25, -0.2) is 10.4 Å². The Kier molecular flexibility index (Phi) is 6.74. The second-order valence-electron chi connectivity index (χ2n) is 5.95. The van der Waals surface area contributed by atoms with Gasteiger partial charge in [-0.1, -0.05) is 27.5 Å². The van der Waals surface area contributed by atoms with Gasteiger partial charge in [0.05, 0.1) is 16.3 Å². The monoisotopic (exact) mass is 539 g/mol. The van der Waals surface area contributed by atoms with Gasteiger partial charge in [0.1, 0.15) is 5.69 Å². The van der Waals surface area contributed by atoms with E-state index in [1.807, 2.05) is 0 Å². The van der Waals surface area contributed by atoms with Crippen LogP contribution in [0.4, 0.5) is 5.69 Å². The average molecular weight is 542 g/mol. The molecule has 0 radical (unpaired) electrons. The van der Waals surface area contributed by atoms with E-state index >= 15 is 0 Å². The Morgan fingerprint density at radius 3 is 2.62 bits per heavy atom. The van der Waals surface area contributed by atoms with E-state index in [0.717, 1.165) is 4.47 Å². The molecule has 0 saturated carbocycles. The molecule has 0 fully saturated rings. The van der Waals surface area contributed by atoms with E-state index in [0.29, 0.717) is 32.3 Å². The van der Waals surface area contributed by atoms with Crippen molar-refractivity contribution >= 4 is 61.0 Å². The summed E-state index contributed by atoms with van der Waals surface area (Å²) in [4.78, 5) is 30.0. The van der Waals surface area contributed by atoms with Gasteiger partial charge in [-0.05, 0) is 52.3 Å². The van der Waals surface area contributed by atoms with Crippen molar-refractivity contribution in [1.82, 2.24) is 20.0 Å². The second-order valence-corrected chi connectivity index (χ2v) is 8.19. The van der Waals surface area contributed by atoms with Crippen molar-refractivity contribution in [3.63, 3.8) is 0 Å². The Hall–Kier alpha value is -2.20. The Balaban J connectivity index is 1.99. The Bertz CT molecular complexity index is 1090. The lowest BCUT2D eigenvalue weighted by Crippen LogP contribution is -2.37. The van der Waals surface area contributed by atoms with Crippen molar-refractivity contribution < 1.29 is 9.59 Å². The maximum Gasteiger partial charge on any atom is 0.272 e.